The van der Waals surface area contributed by atoms with Gasteiger partial charge in [0.2, 0.25) is 5.78 Å². The molecule has 2 heterocycles. The number of hydrogen-bond donors (Lipinski definition) is 2. The molecule has 7 rings (SSSR count). The molecule has 0 aromatic rings. The number of ether oxygens (including phenoxy) is 6. The lowest BCUT2D eigenvalue weighted by Gasteiger charge is -2.61. The predicted octanol–water partition coefficient (Wildman–Crippen LogP) is 2.25. The van der Waals surface area contributed by atoms with Crippen molar-refractivity contribution in [2.24, 2.45) is 51.8 Å². The number of Topliss-reactive ketones (excluding diaryl/α,β-unsaturated/α-hetero) is 1. The maximum atomic E-state index is 14.5. The van der Waals surface area contributed by atoms with Crippen molar-refractivity contribution in [3.63, 3.8) is 0 Å². The lowest BCUT2D eigenvalue weighted by Crippen LogP contribution is -2.69. The summed E-state index contributed by atoms with van der Waals surface area (Å²) >= 11 is 0. The Labute approximate surface area is 288 Å². The number of fused-ring (bicyclic) bond motifs is 10. The minimum atomic E-state index is -2.12. The van der Waals surface area contributed by atoms with Gasteiger partial charge in [0.1, 0.15) is 36.3 Å². The molecule has 5 aliphatic carbocycles. The molecule has 2 N–H and O–H groups in total. The first kappa shape index (κ1) is 34.7. The van der Waals surface area contributed by atoms with E-state index >= 15 is 0 Å². The van der Waals surface area contributed by atoms with Gasteiger partial charge in [0, 0.05) is 62.2 Å². The van der Waals surface area contributed by atoms with Crippen molar-refractivity contribution in [1.82, 2.24) is 0 Å². The number of epoxide rings is 1. The fourth-order valence-electron chi connectivity index (χ4n) is 11.6. The third kappa shape index (κ3) is 4.14. The summed E-state index contributed by atoms with van der Waals surface area (Å²) in [6, 6.07) is 0. The number of aliphatic hydroxyl groups is 2. The van der Waals surface area contributed by atoms with E-state index in [0.29, 0.717) is 0 Å². The molecule has 0 amide bonds. The molecule has 14 nitrogen and oxygen atoms in total. The number of hydrogen-bond acceptors (Lipinski definition) is 14. The second-order valence-corrected chi connectivity index (χ2v) is 16.1. The van der Waals surface area contributed by atoms with Gasteiger partial charge in [0.05, 0.1) is 11.5 Å². The van der Waals surface area contributed by atoms with Gasteiger partial charge in [-0.05, 0) is 43.8 Å². The first-order valence-corrected chi connectivity index (χ1v) is 17.1. The fraction of sp³-hybridized carbons (Fsp3) is 0.722. The monoisotopic (exact) mass is 700 g/mol. The van der Waals surface area contributed by atoms with Crippen LogP contribution in [0.5, 0.6) is 0 Å². The number of ketones is 1. The van der Waals surface area contributed by atoms with Gasteiger partial charge < -0.3 is 38.6 Å². The van der Waals surface area contributed by atoms with E-state index in [1.54, 1.807) is 26.8 Å². The van der Waals surface area contributed by atoms with Crippen molar-refractivity contribution in [2.45, 2.75) is 111 Å². The standard InChI is InChI=1S/C36H44O14/c1-12-10-19-35(8,36(9,44)32(43)50-19)24-21(12)34(7)22(28(24)45-13(2)37)20-23(29(46-14(3)38)31(34)48-16(5)40)33(6)17(25(41)26(20)42)11-18-27(49-18)30(33)47-15(4)39/h10,12,17-18,21-24,27-31,42,44H,11H2,1-9H3/t12-,17+,18+,21+,22-,23-,24-,27+,28-,29+,30+,31+,33-,34+,35+,36-/m1/s1. The van der Waals surface area contributed by atoms with Gasteiger partial charge in [-0.2, -0.15) is 0 Å². The van der Waals surface area contributed by atoms with Crippen molar-refractivity contribution in [3.8, 4) is 0 Å². The molecule has 2 saturated heterocycles. The number of allylic oxidation sites excluding steroid dienone is 2. The Morgan fingerprint density at radius 2 is 1.34 bits per heavy atom. The van der Waals surface area contributed by atoms with Crippen LogP contribution in [0.25, 0.3) is 0 Å². The molecule has 3 saturated carbocycles. The Morgan fingerprint density at radius 1 is 0.800 bits per heavy atom. The molecule has 0 bridgehead atoms. The first-order valence-electron chi connectivity index (χ1n) is 17.1. The van der Waals surface area contributed by atoms with Crippen LogP contribution in [0.2, 0.25) is 0 Å². The van der Waals surface area contributed by atoms with Crippen LogP contribution in [0.3, 0.4) is 0 Å². The van der Waals surface area contributed by atoms with Gasteiger partial charge in [0.15, 0.2) is 11.4 Å². The van der Waals surface area contributed by atoms with E-state index in [-0.39, 0.29) is 17.8 Å². The number of carbonyl (C=O) groups excluding carboxylic acids is 6. The lowest BCUT2D eigenvalue weighted by atomic mass is 9.44. The van der Waals surface area contributed by atoms with Crippen molar-refractivity contribution in [3.05, 3.63) is 23.2 Å². The molecule has 2 aliphatic heterocycles. The molecule has 272 valence electrons. The summed E-state index contributed by atoms with van der Waals surface area (Å²) in [5.41, 5.74) is -6.28. The Bertz CT molecular complexity index is 1690. The maximum Gasteiger partial charge on any atom is 0.343 e. The second kappa shape index (κ2) is 10.6. The molecule has 7 aliphatic rings. The molecule has 0 aromatic carbocycles. The number of carbonyl (C=O) groups is 6. The van der Waals surface area contributed by atoms with Crippen LogP contribution in [0.15, 0.2) is 23.2 Å². The first-order chi connectivity index (χ1) is 23.1. The Hall–Kier alpha value is -3.78. The molecular weight excluding hydrogens is 656 g/mol. The maximum absolute atomic E-state index is 14.5. The molecule has 5 fully saturated rings. The number of esters is 5. The minimum Gasteiger partial charge on any atom is -0.504 e. The van der Waals surface area contributed by atoms with Gasteiger partial charge in [-0.3, -0.25) is 24.0 Å². The van der Waals surface area contributed by atoms with Crippen molar-refractivity contribution in [2.75, 3.05) is 0 Å². The van der Waals surface area contributed by atoms with E-state index in [9.17, 15) is 39.0 Å². The molecule has 0 spiro atoms. The highest BCUT2D eigenvalue weighted by molar-refractivity contribution is 5.98. The summed E-state index contributed by atoms with van der Waals surface area (Å²) < 4.78 is 36.1. The summed E-state index contributed by atoms with van der Waals surface area (Å²) in [5, 5.41) is 24.1. The predicted molar refractivity (Wildman–Crippen MR) is 166 cm³/mol. The third-order valence-corrected chi connectivity index (χ3v) is 13.6. The summed E-state index contributed by atoms with van der Waals surface area (Å²) in [5.74, 6) is -10.1. The summed E-state index contributed by atoms with van der Waals surface area (Å²) in [6.07, 6.45) is -4.00. The normalized spacial score (nSPS) is 49.4. The molecular formula is C36H44O14. The van der Waals surface area contributed by atoms with Gasteiger partial charge in [-0.1, -0.05) is 20.8 Å². The third-order valence-electron chi connectivity index (χ3n) is 13.6. The highest BCUT2D eigenvalue weighted by Gasteiger charge is 2.82. The van der Waals surface area contributed by atoms with Gasteiger partial charge in [-0.15, -0.1) is 0 Å². The number of aliphatic hydroxyl groups excluding tert-OH is 1. The average Bonchev–Trinajstić information content (AvgIpc) is 3.68. The summed E-state index contributed by atoms with van der Waals surface area (Å²) in [7, 11) is 0. The Balaban J connectivity index is 1.56. The minimum absolute atomic E-state index is 0.102. The fourth-order valence-corrected chi connectivity index (χ4v) is 11.6. The van der Waals surface area contributed by atoms with E-state index < -0.39 is 135 Å². The van der Waals surface area contributed by atoms with E-state index in [2.05, 4.69) is 0 Å². The van der Waals surface area contributed by atoms with E-state index in [1.165, 1.54) is 34.6 Å². The number of rotatable bonds is 4. The molecule has 14 heteroatoms. The van der Waals surface area contributed by atoms with Crippen molar-refractivity contribution >= 4 is 35.6 Å². The van der Waals surface area contributed by atoms with Crippen LogP contribution >= 0.6 is 0 Å². The Kier molecular flexibility index (Phi) is 7.37. The molecule has 0 aromatic heterocycles. The molecule has 0 unspecified atom stereocenters. The van der Waals surface area contributed by atoms with Gasteiger partial charge in [-0.25, -0.2) is 4.79 Å². The van der Waals surface area contributed by atoms with Crippen LogP contribution in [-0.4, -0.2) is 88.1 Å². The molecule has 16 atom stereocenters. The molecule has 0 radical (unpaired) electrons. The van der Waals surface area contributed by atoms with E-state index in [0.717, 1.165) is 0 Å². The van der Waals surface area contributed by atoms with E-state index in [1.807, 2.05) is 6.92 Å². The SMILES string of the molecule is CC(=O)O[C@H]1[C@H]2[C@H]([C@H](C)C=C3OC(=O)[C@@](C)(O)[C@@]32C)[C@@]2(C)[C@@H]1C1=C(O)C(=O)[C@@H]3C[C@@H]4O[C@@H]4[C@H](OC(C)=O)[C@@]3(C)[C@H]1[C@H](OC(C)=O)[C@@H]2OC(C)=O. The summed E-state index contributed by atoms with van der Waals surface area (Å²) in [4.78, 5) is 79.6. The largest absolute Gasteiger partial charge is 0.504 e. The highest BCUT2D eigenvalue weighted by atomic mass is 16.6. The van der Waals surface area contributed by atoms with Crippen LogP contribution in [0.1, 0.15) is 68.7 Å². The quantitative estimate of drug-likeness (QED) is 0.246. The smallest absolute Gasteiger partial charge is 0.343 e. The highest BCUT2D eigenvalue weighted by Crippen LogP contribution is 2.75. The van der Waals surface area contributed by atoms with E-state index in [4.69, 9.17) is 28.4 Å². The Morgan fingerprint density at radius 3 is 1.92 bits per heavy atom. The van der Waals surface area contributed by atoms with Gasteiger partial charge >= 0.3 is 29.8 Å². The van der Waals surface area contributed by atoms with Crippen LogP contribution < -0.4 is 0 Å². The topological polar surface area (TPSA) is 202 Å². The lowest BCUT2D eigenvalue weighted by molar-refractivity contribution is -0.224. The van der Waals surface area contributed by atoms with Crippen LogP contribution in [0, 0.1) is 51.8 Å². The van der Waals surface area contributed by atoms with Gasteiger partial charge in [0.25, 0.3) is 0 Å². The zero-order valence-corrected chi connectivity index (χ0v) is 29.5. The summed E-state index contributed by atoms with van der Waals surface area (Å²) in [6.45, 7) is 13.2. The zero-order valence-electron chi connectivity index (χ0n) is 29.5. The van der Waals surface area contributed by atoms with Crippen molar-refractivity contribution in [1.29, 1.82) is 0 Å². The van der Waals surface area contributed by atoms with Crippen LogP contribution in [-0.2, 0) is 57.2 Å². The van der Waals surface area contributed by atoms with Crippen LogP contribution in [0.4, 0.5) is 0 Å². The zero-order chi connectivity index (χ0) is 36.8. The molecule has 50 heavy (non-hydrogen) atoms. The average molecular weight is 701 g/mol. The van der Waals surface area contributed by atoms with Crippen molar-refractivity contribution < 1.29 is 67.4 Å². The second-order valence-electron chi connectivity index (χ2n) is 16.1.